The van der Waals surface area contributed by atoms with Gasteiger partial charge in [0.25, 0.3) is 0 Å². The zero-order chi connectivity index (χ0) is 10.5. The summed E-state index contributed by atoms with van der Waals surface area (Å²) in [5.74, 6) is 2.27. The van der Waals surface area contributed by atoms with Crippen LogP contribution < -0.4 is 5.32 Å². The van der Waals surface area contributed by atoms with Crippen LogP contribution in [0.5, 0.6) is 0 Å². The minimum absolute atomic E-state index is 0.934. The molecule has 4 nitrogen and oxygen atoms in total. The number of rotatable bonds is 3. The lowest BCUT2D eigenvalue weighted by atomic mass is 10.6. The zero-order valence-electron chi connectivity index (χ0n) is 8.90. The Morgan fingerprint density at radius 1 is 1.67 bits per heavy atom. The molecular weight excluding hydrogens is 228 g/mol. The van der Waals surface area contributed by atoms with Gasteiger partial charge in [-0.05, 0) is 0 Å². The SMILES string of the molecule is CN=C1SCCN1CCSC1=NCCN1. The Morgan fingerprint density at radius 2 is 2.60 bits per heavy atom. The van der Waals surface area contributed by atoms with Gasteiger partial charge in [-0.3, -0.25) is 9.98 Å². The summed E-state index contributed by atoms with van der Waals surface area (Å²) in [6, 6.07) is 0. The van der Waals surface area contributed by atoms with Gasteiger partial charge in [0.05, 0.1) is 6.54 Å². The predicted octanol–water partition coefficient (Wildman–Crippen LogP) is 0.713. The fourth-order valence-corrected chi connectivity index (χ4v) is 3.45. The summed E-state index contributed by atoms with van der Waals surface area (Å²) in [5, 5.41) is 5.57. The van der Waals surface area contributed by atoms with Crippen molar-refractivity contribution in [3.05, 3.63) is 0 Å². The highest BCUT2D eigenvalue weighted by atomic mass is 32.2. The van der Waals surface area contributed by atoms with Gasteiger partial charge in [-0.2, -0.15) is 0 Å². The van der Waals surface area contributed by atoms with Crippen LogP contribution >= 0.6 is 23.5 Å². The second kappa shape index (κ2) is 5.65. The maximum Gasteiger partial charge on any atom is 0.159 e. The molecule has 0 aromatic rings. The van der Waals surface area contributed by atoms with Crippen molar-refractivity contribution in [1.82, 2.24) is 10.2 Å². The molecule has 84 valence electrons. The van der Waals surface area contributed by atoms with Crippen molar-refractivity contribution >= 4 is 33.9 Å². The molecule has 0 unspecified atom stereocenters. The van der Waals surface area contributed by atoms with Crippen molar-refractivity contribution < 1.29 is 0 Å². The molecule has 0 aromatic carbocycles. The Labute approximate surface area is 99.0 Å². The highest BCUT2D eigenvalue weighted by Crippen LogP contribution is 2.18. The molecule has 0 saturated carbocycles. The van der Waals surface area contributed by atoms with E-state index in [1.54, 1.807) is 0 Å². The Bertz CT molecular complexity index is 277. The van der Waals surface area contributed by atoms with Crippen LogP contribution in [0.25, 0.3) is 0 Å². The van der Waals surface area contributed by atoms with E-state index in [4.69, 9.17) is 0 Å². The highest BCUT2D eigenvalue weighted by Gasteiger charge is 2.18. The first-order chi connectivity index (χ1) is 7.40. The molecule has 1 fully saturated rings. The monoisotopic (exact) mass is 244 g/mol. The van der Waals surface area contributed by atoms with E-state index in [0.717, 1.165) is 37.1 Å². The van der Waals surface area contributed by atoms with Crippen LogP contribution in [0.4, 0.5) is 0 Å². The van der Waals surface area contributed by atoms with Crippen LogP contribution in [0.3, 0.4) is 0 Å². The minimum atomic E-state index is 0.934. The number of nitrogens with zero attached hydrogens (tertiary/aromatic N) is 3. The number of nitrogens with one attached hydrogen (secondary N) is 1. The van der Waals surface area contributed by atoms with E-state index in [9.17, 15) is 0 Å². The lowest BCUT2D eigenvalue weighted by molar-refractivity contribution is 0.492. The lowest BCUT2D eigenvalue weighted by Crippen LogP contribution is -2.27. The van der Waals surface area contributed by atoms with Crippen molar-refractivity contribution in [2.45, 2.75) is 0 Å². The third-order valence-electron chi connectivity index (χ3n) is 2.30. The molecule has 2 rings (SSSR count). The molecule has 0 aromatic heterocycles. The third kappa shape index (κ3) is 3.04. The van der Waals surface area contributed by atoms with Gasteiger partial charge in [0.1, 0.15) is 0 Å². The van der Waals surface area contributed by atoms with Crippen LogP contribution in [0, 0.1) is 0 Å². The van der Waals surface area contributed by atoms with E-state index < -0.39 is 0 Å². The first-order valence-corrected chi connectivity index (χ1v) is 7.13. The molecule has 15 heavy (non-hydrogen) atoms. The summed E-state index contributed by atoms with van der Waals surface area (Å²) in [5.41, 5.74) is 0. The van der Waals surface area contributed by atoms with Gasteiger partial charge in [-0.1, -0.05) is 23.5 Å². The molecule has 0 amide bonds. The van der Waals surface area contributed by atoms with Gasteiger partial charge < -0.3 is 10.2 Å². The highest BCUT2D eigenvalue weighted by molar-refractivity contribution is 8.14. The van der Waals surface area contributed by atoms with Crippen LogP contribution in [0.1, 0.15) is 0 Å². The van der Waals surface area contributed by atoms with Gasteiger partial charge in [0.2, 0.25) is 0 Å². The predicted molar refractivity (Wildman–Crippen MR) is 70.2 cm³/mol. The van der Waals surface area contributed by atoms with E-state index in [1.165, 1.54) is 10.9 Å². The molecule has 2 aliphatic rings. The quantitative estimate of drug-likeness (QED) is 0.794. The van der Waals surface area contributed by atoms with Crippen molar-refractivity contribution in [3.8, 4) is 0 Å². The van der Waals surface area contributed by atoms with Crippen molar-refractivity contribution in [3.63, 3.8) is 0 Å². The van der Waals surface area contributed by atoms with Crippen LogP contribution in [-0.4, -0.2) is 60.0 Å². The molecule has 2 aliphatic heterocycles. The van der Waals surface area contributed by atoms with E-state index >= 15 is 0 Å². The third-order valence-corrected chi connectivity index (χ3v) is 4.32. The second-order valence-electron chi connectivity index (χ2n) is 3.30. The average Bonchev–Trinajstić information content (AvgIpc) is 2.88. The number of amidine groups is 2. The Balaban J connectivity index is 1.69. The zero-order valence-corrected chi connectivity index (χ0v) is 10.5. The summed E-state index contributed by atoms with van der Waals surface area (Å²) >= 11 is 3.67. The lowest BCUT2D eigenvalue weighted by Gasteiger charge is -2.16. The van der Waals surface area contributed by atoms with Gasteiger partial charge in [-0.25, -0.2) is 0 Å². The number of aliphatic imine (C=N–C) groups is 2. The van der Waals surface area contributed by atoms with E-state index in [0.29, 0.717) is 0 Å². The summed E-state index contributed by atoms with van der Waals surface area (Å²) in [7, 11) is 1.87. The maximum atomic E-state index is 4.35. The smallest absolute Gasteiger partial charge is 0.159 e. The number of thioether (sulfide) groups is 2. The van der Waals surface area contributed by atoms with E-state index in [1.807, 2.05) is 30.6 Å². The number of hydrogen-bond acceptors (Lipinski definition) is 5. The van der Waals surface area contributed by atoms with Gasteiger partial charge in [0, 0.05) is 38.2 Å². The first-order valence-electron chi connectivity index (χ1n) is 5.16. The molecule has 0 atom stereocenters. The topological polar surface area (TPSA) is 40.0 Å². The normalized spacial score (nSPS) is 23.4. The van der Waals surface area contributed by atoms with Crippen molar-refractivity contribution in [2.24, 2.45) is 9.98 Å². The van der Waals surface area contributed by atoms with E-state index in [-0.39, 0.29) is 0 Å². The Morgan fingerprint density at radius 3 is 3.33 bits per heavy atom. The largest absolute Gasteiger partial charge is 0.363 e. The molecule has 0 spiro atoms. The van der Waals surface area contributed by atoms with Crippen LogP contribution in [-0.2, 0) is 0 Å². The summed E-state index contributed by atoms with van der Waals surface area (Å²) in [6.07, 6.45) is 0. The Hall–Kier alpha value is -0.360. The molecule has 0 aliphatic carbocycles. The molecule has 0 radical (unpaired) electrons. The fraction of sp³-hybridized carbons (Fsp3) is 0.778. The van der Waals surface area contributed by atoms with E-state index in [2.05, 4.69) is 20.2 Å². The summed E-state index contributed by atoms with van der Waals surface area (Å²) in [4.78, 5) is 11.0. The molecule has 2 heterocycles. The maximum absolute atomic E-state index is 4.35. The molecule has 1 N–H and O–H groups in total. The van der Waals surface area contributed by atoms with Gasteiger partial charge in [0.15, 0.2) is 10.3 Å². The average molecular weight is 244 g/mol. The Kier molecular flexibility index (Phi) is 4.19. The fourth-order valence-electron chi connectivity index (χ4n) is 1.57. The summed E-state index contributed by atoms with van der Waals surface area (Å²) < 4.78 is 0. The number of hydrogen-bond donors (Lipinski definition) is 1. The van der Waals surface area contributed by atoms with Gasteiger partial charge in [-0.15, -0.1) is 0 Å². The van der Waals surface area contributed by atoms with Crippen molar-refractivity contribution in [2.75, 3.05) is 44.7 Å². The van der Waals surface area contributed by atoms with Gasteiger partial charge >= 0.3 is 0 Å². The second-order valence-corrected chi connectivity index (χ2v) is 5.45. The van der Waals surface area contributed by atoms with Crippen molar-refractivity contribution in [1.29, 1.82) is 0 Å². The van der Waals surface area contributed by atoms with Crippen LogP contribution in [0.15, 0.2) is 9.98 Å². The molecule has 0 bridgehead atoms. The molecular formula is C9H16N4S2. The molecule has 1 saturated heterocycles. The van der Waals surface area contributed by atoms with Crippen LogP contribution in [0.2, 0.25) is 0 Å². The molecule has 6 heteroatoms. The summed E-state index contributed by atoms with van der Waals surface area (Å²) in [6.45, 7) is 4.15. The standard InChI is InChI=1S/C9H16N4S2/c1-10-9-13(5-7-15-9)4-6-14-8-11-2-3-12-8/h2-7H2,1H3,(H,11,12). The minimum Gasteiger partial charge on any atom is -0.363 e. The first kappa shape index (κ1) is 11.1.